The minimum Gasteiger partial charge on any atom is -0.387 e. The normalized spacial score (nSPS) is 26.5. The van der Waals surface area contributed by atoms with Gasteiger partial charge in [0.15, 0.2) is 12.6 Å². The van der Waals surface area contributed by atoms with Crippen molar-refractivity contribution in [3.63, 3.8) is 0 Å². The standard InChI is InChI=1S/C50H58O11/c1-2-28-55-45-43(51)41(34-53-29-36-18-8-3-9-19-36)59-49(52)47(45)61-50-48(58-33-40-26-16-7-17-27-40)46(57-32-39-24-14-6-15-25-39)44(56-31-38-22-12-5-13-23-38)42(60-50)35-54-30-37-20-10-4-11-21-37/h3-27,41-52H,2,28-35H2,1H3/t41?,42?,43-,44-,45+,46+,47?,48?,49-,50-/m1/s1. The van der Waals surface area contributed by atoms with Gasteiger partial charge in [-0.05, 0) is 34.2 Å². The summed E-state index contributed by atoms with van der Waals surface area (Å²) in [7, 11) is 0. The first kappa shape index (κ1) is 44.7. The maximum absolute atomic E-state index is 11.8. The number of ether oxygens (including phenoxy) is 9. The van der Waals surface area contributed by atoms with Crippen LogP contribution in [0.3, 0.4) is 0 Å². The van der Waals surface area contributed by atoms with E-state index in [1.807, 2.05) is 159 Å². The monoisotopic (exact) mass is 834 g/mol. The fraction of sp³-hybridized carbons (Fsp3) is 0.400. The average Bonchev–Trinajstić information content (AvgIpc) is 3.30. The lowest BCUT2D eigenvalue weighted by Crippen LogP contribution is -2.66. The molecule has 2 saturated heterocycles. The van der Waals surface area contributed by atoms with Crippen LogP contribution in [0.4, 0.5) is 0 Å². The quantitative estimate of drug-likeness (QED) is 0.0739. The van der Waals surface area contributed by atoms with Crippen LogP contribution in [0, 0.1) is 0 Å². The number of aliphatic hydroxyl groups is 2. The SMILES string of the molecule is CCCO[C@@H]1C(O[C@H]2OC(COCc3ccccc3)[C@@H](OCc3ccccc3)[C@H](OCc3ccccc3)C2OCc2ccccc2)[C@H](O)OC(COCc2ccccc2)[C@H]1O. The highest BCUT2D eigenvalue weighted by Gasteiger charge is 2.53. The van der Waals surface area contributed by atoms with Crippen LogP contribution >= 0.6 is 0 Å². The summed E-state index contributed by atoms with van der Waals surface area (Å²) in [6, 6.07) is 49.2. The molecule has 4 unspecified atom stereocenters. The second-order valence-electron chi connectivity index (χ2n) is 15.3. The van der Waals surface area contributed by atoms with Crippen LogP contribution in [0.1, 0.15) is 41.2 Å². The van der Waals surface area contributed by atoms with Gasteiger partial charge in [-0.1, -0.05) is 159 Å². The summed E-state index contributed by atoms with van der Waals surface area (Å²) in [4.78, 5) is 0. The van der Waals surface area contributed by atoms with Crippen molar-refractivity contribution >= 4 is 0 Å². The van der Waals surface area contributed by atoms with E-state index in [1.54, 1.807) is 0 Å². The molecule has 0 aromatic heterocycles. The third-order valence-electron chi connectivity index (χ3n) is 10.7. The number of hydrogen-bond acceptors (Lipinski definition) is 11. The highest BCUT2D eigenvalue weighted by atomic mass is 16.8. The Hall–Kier alpha value is -4.34. The van der Waals surface area contributed by atoms with Gasteiger partial charge in [-0.2, -0.15) is 0 Å². The first-order valence-corrected chi connectivity index (χ1v) is 21.2. The van der Waals surface area contributed by atoms with Crippen LogP contribution in [0.5, 0.6) is 0 Å². The van der Waals surface area contributed by atoms with Crippen LogP contribution in [-0.4, -0.2) is 91.4 Å². The summed E-state index contributed by atoms with van der Waals surface area (Å²) < 4.78 is 58.7. The van der Waals surface area contributed by atoms with Gasteiger partial charge in [-0.3, -0.25) is 0 Å². The molecule has 5 aromatic rings. The molecular formula is C50H58O11. The second-order valence-corrected chi connectivity index (χ2v) is 15.3. The van der Waals surface area contributed by atoms with Gasteiger partial charge < -0.3 is 52.8 Å². The van der Waals surface area contributed by atoms with E-state index in [9.17, 15) is 10.2 Å². The van der Waals surface area contributed by atoms with E-state index in [1.165, 1.54) is 0 Å². The van der Waals surface area contributed by atoms with Gasteiger partial charge in [0.25, 0.3) is 0 Å². The number of benzene rings is 5. The first-order valence-electron chi connectivity index (χ1n) is 21.2. The molecule has 5 aromatic carbocycles. The van der Waals surface area contributed by atoms with Crippen molar-refractivity contribution in [2.75, 3.05) is 19.8 Å². The van der Waals surface area contributed by atoms with E-state index < -0.39 is 61.4 Å². The summed E-state index contributed by atoms with van der Waals surface area (Å²) in [5.74, 6) is 0. The minimum absolute atomic E-state index is 0.0191. The zero-order chi connectivity index (χ0) is 42.1. The molecule has 10 atom stereocenters. The lowest BCUT2D eigenvalue weighted by molar-refractivity contribution is -0.376. The summed E-state index contributed by atoms with van der Waals surface area (Å²) in [5, 5.41) is 23.5. The van der Waals surface area contributed by atoms with Gasteiger partial charge in [0.1, 0.15) is 48.8 Å². The Balaban J connectivity index is 1.19. The zero-order valence-electron chi connectivity index (χ0n) is 34.6. The smallest absolute Gasteiger partial charge is 0.187 e. The van der Waals surface area contributed by atoms with Gasteiger partial charge in [0, 0.05) is 6.61 Å². The molecule has 2 aliphatic heterocycles. The summed E-state index contributed by atoms with van der Waals surface area (Å²) in [6.45, 7) is 3.78. The first-order chi connectivity index (χ1) is 30.1. The fourth-order valence-corrected chi connectivity index (χ4v) is 7.51. The van der Waals surface area contributed by atoms with Crippen molar-refractivity contribution in [1.82, 2.24) is 0 Å². The highest BCUT2D eigenvalue weighted by molar-refractivity contribution is 5.17. The molecular weight excluding hydrogens is 777 g/mol. The maximum atomic E-state index is 11.8. The van der Waals surface area contributed by atoms with Crippen molar-refractivity contribution in [1.29, 1.82) is 0 Å². The van der Waals surface area contributed by atoms with Gasteiger partial charge in [-0.25, -0.2) is 0 Å². The largest absolute Gasteiger partial charge is 0.387 e. The van der Waals surface area contributed by atoms with Gasteiger partial charge in [0.05, 0.1) is 46.2 Å². The van der Waals surface area contributed by atoms with Gasteiger partial charge >= 0.3 is 0 Å². The number of aliphatic hydroxyl groups excluding tert-OH is 2. The number of hydrogen-bond donors (Lipinski definition) is 2. The van der Waals surface area contributed by atoms with Crippen molar-refractivity contribution < 1.29 is 52.8 Å². The van der Waals surface area contributed by atoms with Gasteiger partial charge in [0.2, 0.25) is 0 Å². The average molecular weight is 835 g/mol. The van der Waals surface area contributed by atoms with Crippen LogP contribution in [-0.2, 0) is 75.7 Å². The molecule has 11 heteroatoms. The van der Waals surface area contributed by atoms with Crippen molar-refractivity contribution in [2.24, 2.45) is 0 Å². The summed E-state index contributed by atoms with van der Waals surface area (Å²) in [5.41, 5.74) is 4.84. The number of rotatable bonds is 22. The van der Waals surface area contributed by atoms with Crippen molar-refractivity contribution in [3.8, 4) is 0 Å². The lowest BCUT2D eigenvalue weighted by Gasteiger charge is -2.49. The Morgan fingerprint density at radius 3 is 1.30 bits per heavy atom. The minimum atomic E-state index is -1.52. The lowest BCUT2D eigenvalue weighted by atomic mass is 9.96. The molecule has 2 heterocycles. The highest BCUT2D eigenvalue weighted by Crippen LogP contribution is 2.35. The maximum Gasteiger partial charge on any atom is 0.187 e. The predicted octanol–water partition coefficient (Wildman–Crippen LogP) is 7.16. The third kappa shape index (κ3) is 13.1. The Morgan fingerprint density at radius 1 is 0.426 bits per heavy atom. The summed E-state index contributed by atoms with van der Waals surface area (Å²) in [6.07, 6.45) is -9.41. The van der Waals surface area contributed by atoms with E-state index in [-0.39, 0.29) is 33.0 Å². The Kier molecular flexibility index (Phi) is 17.4. The van der Waals surface area contributed by atoms with E-state index in [0.717, 1.165) is 27.8 Å². The van der Waals surface area contributed by atoms with Crippen LogP contribution in [0.15, 0.2) is 152 Å². The molecule has 2 N–H and O–H groups in total. The molecule has 0 saturated carbocycles. The fourth-order valence-electron chi connectivity index (χ4n) is 7.51. The molecule has 0 aliphatic carbocycles. The van der Waals surface area contributed by atoms with E-state index in [4.69, 9.17) is 42.6 Å². The van der Waals surface area contributed by atoms with Crippen molar-refractivity contribution in [3.05, 3.63) is 179 Å². The van der Waals surface area contributed by atoms with Gasteiger partial charge in [-0.15, -0.1) is 0 Å². The summed E-state index contributed by atoms with van der Waals surface area (Å²) >= 11 is 0. The Bertz CT molecular complexity index is 1920. The Morgan fingerprint density at radius 2 is 0.836 bits per heavy atom. The molecule has 2 fully saturated rings. The molecule has 324 valence electrons. The molecule has 0 amide bonds. The molecule has 0 spiro atoms. The molecule has 0 bridgehead atoms. The molecule has 7 rings (SSSR count). The van der Waals surface area contributed by atoms with E-state index >= 15 is 0 Å². The molecule has 11 nitrogen and oxygen atoms in total. The molecule has 61 heavy (non-hydrogen) atoms. The third-order valence-corrected chi connectivity index (χ3v) is 10.7. The molecule has 0 radical (unpaired) electrons. The van der Waals surface area contributed by atoms with Crippen molar-refractivity contribution in [2.45, 2.75) is 108 Å². The molecule has 2 aliphatic rings. The zero-order valence-corrected chi connectivity index (χ0v) is 34.6. The predicted molar refractivity (Wildman–Crippen MR) is 228 cm³/mol. The second kappa shape index (κ2) is 23.8. The van der Waals surface area contributed by atoms with Crippen LogP contribution < -0.4 is 0 Å². The van der Waals surface area contributed by atoms with Crippen LogP contribution in [0.25, 0.3) is 0 Å². The van der Waals surface area contributed by atoms with E-state index in [2.05, 4.69) is 0 Å². The van der Waals surface area contributed by atoms with E-state index in [0.29, 0.717) is 26.2 Å². The topological polar surface area (TPSA) is 124 Å². The Labute approximate surface area is 359 Å². The van der Waals surface area contributed by atoms with Crippen LogP contribution in [0.2, 0.25) is 0 Å².